The first-order chi connectivity index (χ1) is 16.4. The largest absolute Gasteiger partial charge is 0.352 e. The lowest BCUT2D eigenvalue weighted by atomic mass is 10.1. The Morgan fingerprint density at radius 2 is 1.69 bits per heavy atom. The van der Waals surface area contributed by atoms with E-state index in [1.165, 1.54) is 9.21 Å². The minimum atomic E-state index is -3.52. The quantitative estimate of drug-likeness (QED) is 0.448. The van der Waals surface area contributed by atoms with Crippen LogP contribution in [0.25, 0.3) is 0 Å². The zero-order chi connectivity index (χ0) is 26.2. The van der Waals surface area contributed by atoms with Crippen molar-refractivity contribution in [3.05, 3.63) is 64.7 Å². The minimum absolute atomic E-state index is 0.0597. The molecule has 0 aliphatic carbocycles. The van der Waals surface area contributed by atoms with Crippen molar-refractivity contribution in [1.29, 1.82) is 0 Å². The van der Waals surface area contributed by atoms with Crippen LogP contribution in [0.4, 0.5) is 5.69 Å². The SMILES string of the molecule is CCc1ccc(N(CCCC(=O)N(Cc2cccc(Cl)c2)C(C)C(=O)NC(C)C)S(C)(=O)=O)cc1. The number of hydrogen-bond donors (Lipinski definition) is 1. The molecular formula is C26H36ClN3O4S. The van der Waals surface area contributed by atoms with Crippen molar-refractivity contribution in [2.75, 3.05) is 17.1 Å². The molecule has 192 valence electrons. The summed E-state index contributed by atoms with van der Waals surface area (Å²) in [6, 6.07) is 13.8. The molecule has 7 nitrogen and oxygen atoms in total. The van der Waals surface area contributed by atoms with Gasteiger partial charge < -0.3 is 10.2 Å². The molecule has 2 aromatic rings. The lowest BCUT2D eigenvalue weighted by molar-refractivity contribution is -0.140. The van der Waals surface area contributed by atoms with E-state index in [9.17, 15) is 18.0 Å². The molecule has 1 unspecified atom stereocenters. The molecule has 0 aromatic heterocycles. The van der Waals surface area contributed by atoms with E-state index in [0.29, 0.717) is 17.1 Å². The summed E-state index contributed by atoms with van der Waals surface area (Å²) < 4.78 is 26.2. The number of benzene rings is 2. The van der Waals surface area contributed by atoms with Gasteiger partial charge in [0.2, 0.25) is 21.8 Å². The van der Waals surface area contributed by atoms with Crippen molar-refractivity contribution in [2.24, 2.45) is 0 Å². The van der Waals surface area contributed by atoms with E-state index >= 15 is 0 Å². The number of sulfonamides is 1. The van der Waals surface area contributed by atoms with Crippen LogP contribution in [0.2, 0.25) is 5.02 Å². The Hall–Kier alpha value is -2.58. The van der Waals surface area contributed by atoms with Crippen molar-refractivity contribution in [3.63, 3.8) is 0 Å². The molecule has 0 saturated heterocycles. The average Bonchev–Trinajstić information content (AvgIpc) is 2.78. The molecule has 0 aliphatic rings. The third-order valence-corrected chi connectivity index (χ3v) is 7.05. The lowest BCUT2D eigenvalue weighted by Crippen LogP contribution is -2.49. The summed E-state index contributed by atoms with van der Waals surface area (Å²) in [6.07, 6.45) is 2.43. The zero-order valence-corrected chi connectivity index (χ0v) is 22.7. The summed E-state index contributed by atoms with van der Waals surface area (Å²) in [5.74, 6) is -0.477. The smallest absolute Gasteiger partial charge is 0.242 e. The Balaban J connectivity index is 2.16. The van der Waals surface area contributed by atoms with Crippen LogP contribution in [0.15, 0.2) is 48.5 Å². The van der Waals surface area contributed by atoms with Crippen LogP contribution in [-0.4, -0.2) is 50.0 Å². The van der Waals surface area contributed by atoms with E-state index in [1.807, 2.05) is 39.0 Å². The molecule has 35 heavy (non-hydrogen) atoms. The van der Waals surface area contributed by atoms with Gasteiger partial charge in [-0.15, -0.1) is 0 Å². The lowest BCUT2D eigenvalue weighted by Gasteiger charge is -2.30. The fraction of sp³-hybridized carbons (Fsp3) is 0.462. The van der Waals surface area contributed by atoms with Crippen molar-refractivity contribution >= 4 is 39.1 Å². The summed E-state index contributed by atoms with van der Waals surface area (Å²) in [7, 11) is -3.52. The molecule has 2 rings (SSSR count). The predicted octanol–water partition coefficient (Wildman–Crippen LogP) is 4.39. The molecule has 2 aromatic carbocycles. The van der Waals surface area contributed by atoms with E-state index < -0.39 is 16.1 Å². The molecule has 9 heteroatoms. The standard InChI is InChI=1S/C26H36ClN3O4S/c1-6-21-12-14-24(15-13-21)30(35(5,33)34)16-8-11-25(31)29(20(4)26(32)28-19(2)3)18-22-9-7-10-23(27)17-22/h7,9-10,12-15,17,19-20H,6,8,11,16,18H2,1-5H3,(H,28,32). The molecule has 0 aliphatic heterocycles. The van der Waals surface area contributed by atoms with Gasteiger partial charge in [-0.05, 0) is 69.0 Å². The van der Waals surface area contributed by atoms with E-state index in [4.69, 9.17) is 11.6 Å². The molecule has 2 amide bonds. The van der Waals surface area contributed by atoms with Gasteiger partial charge >= 0.3 is 0 Å². The van der Waals surface area contributed by atoms with Crippen LogP contribution in [-0.2, 0) is 32.6 Å². The fourth-order valence-electron chi connectivity index (χ4n) is 3.72. The van der Waals surface area contributed by atoms with Crippen LogP contribution < -0.4 is 9.62 Å². The number of anilines is 1. The molecule has 1 atom stereocenters. The number of aryl methyl sites for hydroxylation is 1. The number of nitrogens with one attached hydrogen (secondary N) is 1. The molecule has 0 saturated carbocycles. The second kappa shape index (κ2) is 12.9. The Labute approximate surface area is 214 Å². The molecule has 0 fully saturated rings. The molecule has 0 spiro atoms. The Kier molecular flexibility index (Phi) is 10.6. The molecule has 1 N–H and O–H groups in total. The maximum atomic E-state index is 13.3. The molecule has 0 bridgehead atoms. The van der Waals surface area contributed by atoms with Gasteiger partial charge in [0, 0.05) is 30.6 Å². The highest BCUT2D eigenvalue weighted by molar-refractivity contribution is 7.92. The number of halogens is 1. The van der Waals surface area contributed by atoms with Crippen LogP contribution >= 0.6 is 11.6 Å². The summed E-state index contributed by atoms with van der Waals surface area (Å²) in [5, 5.41) is 3.40. The topological polar surface area (TPSA) is 86.8 Å². The van der Waals surface area contributed by atoms with Crippen LogP contribution in [0.3, 0.4) is 0 Å². The minimum Gasteiger partial charge on any atom is -0.352 e. The normalized spacial score (nSPS) is 12.3. The van der Waals surface area contributed by atoms with E-state index in [0.717, 1.165) is 23.8 Å². The Bertz CT molecular complexity index is 1100. The average molecular weight is 522 g/mol. The van der Waals surface area contributed by atoms with E-state index in [2.05, 4.69) is 5.32 Å². The van der Waals surface area contributed by atoms with Gasteiger partial charge in [0.25, 0.3) is 0 Å². The number of rotatable bonds is 12. The van der Waals surface area contributed by atoms with Crippen molar-refractivity contribution < 1.29 is 18.0 Å². The second-order valence-corrected chi connectivity index (χ2v) is 11.3. The van der Waals surface area contributed by atoms with Crippen LogP contribution in [0.1, 0.15) is 51.7 Å². The number of hydrogen-bond acceptors (Lipinski definition) is 4. The highest BCUT2D eigenvalue weighted by Crippen LogP contribution is 2.20. The van der Waals surface area contributed by atoms with Crippen molar-refractivity contribution in [2.45, 2.75) is 65.6 Å². The summed E-state index contributed by atoms with van der Waals surface area (Å²) in [6.45, 7) is 7.83. The van der Waals surface area contributed by atoms with E-state index in [-0.39, 0.29) is 37.4 Å². The van der Waals surface area contributed by atoms with Crippen molar-refractivity contribution in [1.82, 2.24) is 10.2 Å². The van der Waals surface area contributed by atoms with Crippen molar-refractivity contribution in [3.8, 4) is 0 Å². The zero-order valence-electron chi connectivity index (χ0n) is 21.1. The summed E-state index contributed by atoms with van der Waals surface area (Å²) in [4.78, 5) is 27.5. The van der Waals surface area contributed by atoms with Gasteiger partial charge in [-0.1, -0.05) is 42.8 Å². The summed E-state index contributed by atoms with van der Waals surface area (Å²) >= 11 is 6.11. The van der Waals surface area contributed by atoms with Crippen LogP contribution in [0.5, 0.6) is 0 Å². The second-order valence-electron chi connectivity index (χ2n) is 8.95. The number of carbonyl (C=O) groups is 2. The Morgan fingerprint density at radius 3 is 2.23 bits per heavy atom. The first kappa shape index (κ1) is 28.7. The van der Waals surface area contributed by atoms with Crippen LogP contribution in [0, 0.1) is 0 Å². The van der Waals surface area contributed by atoms with Gasteiger partial charge in [0.05, 0.1) is 11.9 Å². The van der Waals surface area contributed by atoms with Gasteiger partial charge in [-0.3, -0.25) is 13.9 Å². The highest BCUT2D eigenvalue weighted by atomic mass is 35.5. The molecule has 0 heterocycles. The monoisotopic (exact) mass is 521 g/mol. The molecular weight excluding hydrogens is 486 g/mol. The fourth-order valence-corrected chi connectivity index (χ4v) is 4.90. The Morgan fingerprint density at radius 1 is 1.03 bits per heavy atom. The summed E-state index contributed by atoms with van der Waals surface area (Å²) in [5.41, 5.74) is 2.49. The number of amides is 2. The first-order valence-corrected chi connectivity index (χ1v) is 14.1. The predicted molar refractivity (Wildman–Crippen MR) is 142 cm³/mol. The van der Waals surface area contributed by atoms with Gasteiger partial charge in [-0.2, -0.15) is 0 Å². The maximum absolute atomic E-state index is 13.3. The van der Waals surface area contributed by atoms with Gasteiger partial charge in [0.15, 0.2) is 0 Å². The van der Waals surface area contributed by atoms with Gasteiger partial charge in [0.1, 0.15) is 6.04 Å². The molecule has 0 radical (unpaired) electrons. The third-order valence-electron chi connectivity index (χ3n) is 5.62. The number of carbonyl (C=O) groups excluding carboxylic acids is 2. The number of nitrogens with zero attached hydrogens (tertiary/aromatic N) is 2. The maximum Gasteiger partial charge on any atom is 0.242 e. The first-order valence-electron chi connectivity index (χ1n) is 11.8. The third kappa shape index (κ3) is 8.85. The van der Waals surface area contributed by atoms with E-state index in [1.54, 1.807) is 37.3 Å². The van der Waals surface area contributed by atoms with Gasteiger partial charge in [-0.25, -0.2) is 8.42 Å². The highest BCUT2D eigenvalue weighted by Gasteiger charge is 2.27.